The summed E-state index contributed by atoms with van der Waals surface area (Å²) in [6.45, 7) is 0.759. The maximum absolute atomic E-state index is 15.2. The Bertz CT molecular complexity index is 980. The highest BCUT2D eigenvalue weighted by Crippen LogP contribution is 2.34. The van der Waals surface area contributed by atoms with Crippen LogP contribution < -0.4 is 5.32 Å². The van der Waals surface area contributed by atoms with Crippen LogP contribution >= 0.6 is 0 Å². The van der Waals surface area contributed by atoms with Crippen molar-refractivity contribution in [2.75, 3.05) is 6.54 Å². The number of halogens is 3. The molecule has 130 valence electrons. The zero-order valence-corrected chi connectivity index (χ0v) is 13.6. The molecule has 0 amide bonds. The molecule has 0 aliphatic carbocycles. The molecule has 4 rings (SSSR count). The van der Waals surface area contributed by atoms with Gasteiger partial charge in [0.1, 0.15) is 17.5 Å². The maximum atomic E-state index is 15.2. The van der Waals surface area contributed by atoms with Gasteiger partial charge in [0, 0.05) is 36.5 Å². The molecule has 1 aliphatic heterocycles. The Labute approximate surface area is 148 Å². The standard InChI is InChI=1S/C20H14F3N3/c21-13-8-12(9-14(22)10-13)15-5-7-24-11-18-16(15)3-4-17(20(18)23)19-2-1-6-25-26-19/h1-6,8-10,24H,7,11H2. The Morgan fingerprint density at radius 2 is 1.69 bits per heavy atom. The number of rotatable bonds is 2. The van der Waals surface area contributed by atoms with Gasteiger partial charge in [-0.2, -0.15) is 10.2 Å². The molecule has 2 heterocycles. The van der Waals surface area contributed by atoms with E-state index in [2.05, 4.69) is 15.5 Å². The molecule has 0 atom stereocenters. The fourth-order valence-electron chi connectivity index (χ4n) is 3.15. The Hall–Kier alpha value is -2.99. The highest BCUT2D eigenvalue weighted by molar-refractivity contribution is 5.83. The van der Waals surface area contributed by atoms with Gasteiger partial charge in [0.15, 0.2) is 0 Å². The van der Waals surface area contributed by atoms with E-state index in [1.807, 2.05) is 6.08 Å². The fraction of sp³-hybridized carbons (Fsp3) is 0.100. The minimum Gasteiger partial charge on any atom is -0.309 e. The van der Waals surface area contributed by atoms with E-state index in [9.17, 15) is 8.78 Å². The van der Waals surface area contributed by atoms with E-state index < -0.39 is 17.5 Å². The van der Waals surface area contributed by atoms with Crippen LogP contribution in [-0.4, -0.2) is 16.7 Å². The number of hydrogen-bond acceptors (Lipinski definition) is 3. The van der Waals surface area contributed by atoms with Gasteiger partial charge in [-0.15, -0.1) is 0 Å². The van der Waals surface area contributed by atoms with Gasteiger partial charge in [-0.3, -0.25) is 0 Å². The van der Waals surface area contributed by atoms with Crippen molar-refractivity contribution in [1.29, 1.82) is 0 Å². The van der Waals surface area contributed by atoms with E-state index in [1.165, 1.54) is 18.3 Å². The van der Waals surface area contributed by atoms with E-state index in [-0.39, 0.29) is 0 Å². The van der Waals surface area contributed by atoms with Crippen LogP contribution in [0.2, 0.25) is 0 Å². The lowest BCUT2D eigenvalue weighted by Crippen LogP contribution is -2.13. The Balaban J connectivity index is 1.87. The first-order chi connectivity index (χ1) is 12.6. The van der Waals surface area contributed by atoms with E-state index in [4.69, 9.17) is 0 Å². The normalized spacial score (nSPS) is 13.7. The van der Waals surface area contributed by atoms with Gasteiger partial charge in [0.05, 0.1) is 5.69 Å². The summed E-state index contributed by atoms with van der Waals surface area (Å²) in [5.74, 6) is -1.76. The van der Waals surface area contributed by atoms with Crippen molar-refractivity contribution in [2.24, 2.45) is 0 Å². The molecular weight excluding hydrogens is 339 g/mol. The Kier molecular flexibility index (Phi) is 4.26. The van der Waals surface area contributed by atoms with Crippen LogP contribution in [0.25, 0.3) is 16.8 Å². The third-order valence-corrected chi connectivity index (χ3v) is 4.31. The summed E-state index contributed by atoms with van der Waals surface area (Å²) in [7, 11) is 0. The highest BCUT2D eigenvalue weighted by Gasteiger charge is 2.20. The number of nitrogens with zero attached hydrogens (tertiary/aromatic N) is 2. The average Bonchev–Trinajstić information content (AvgIpc) is 2.85. The number of fused-ring (bicyclic) bond motifs is 1. The molecule has 1 aromatic heterocycles. The zero-order valence-electron chi connectivity index (χ0n) is 13.6. The van der Waals surface area contributed by atoms with Crippen molar-refractivity contribution >= 4 is 5.57 Å². The van der Waals surface area contributed by atoms with Crippen molar-refractivity contribution in [1.82, 2.24) is 15.5 Å². The molecule has 0 unspecified atom stereocenters. The van der Waals surface area contributed by atoms with E-state index >= 15 is 4.39 Å². The topological polar surface area (TPSA) is 37.8 Å². The number of aromatic nitrogens is 2. The van der Waals surface area contributed by atoms with E-state index in [0.29, 0.717) is 46.6 Å². The van der Waals surface area contributed by atoms with Crippen molar-refractivity contribution in [3.05, 3.63) is 88.9 Å². The molecule has 1 aliphatic rings. The van der Waals surface area contributed by atoms with Gasteiger partial charge in [-0.25, -0.2) is 13.2 Å². The van der Waals surface area contributed by atoms with Crippen LogP contribution in [0.1, 0.15) is 16.7 Å². The van der Waals surface area contributed by atoms with Gasteiger partial charge >= 0.3 is 0 Å². The first-order valence-corrected chi connectivity index (χ1v) is 8.10. The summed E-state index contributed by atoms with van der Waals surface area (Å²) >= 11 is 0. The van der Waals surface area contributed by atoms with Gasteiger partial charge < -0.3 is 5.32 Å². The summed E-state index contributed by atoms with van der Waals surface area (Å²) in [5.41, 5.74) is 2.77. The molecule has 2 aromatic carbocycles. The quantitative estimate of drug-likeness (QED) is 0.754. The minimum atomic E-state index is -0.670. The van der Waals surface area contributed by atoms with Crippen molar-refractivity contribution < 1.29 is 13.2 Å². The number of nitrogens with one attached hydrogen (secondary N) is 1. The van der Waals surface area contributed by atoms with Crippen LogP contribution in [0.3, 0.4) is 0 Å². The minimum absolute atomic E-state index is 0.299. The molecule has 6 heteroatoms. The molecule has 1 N–H and O–H groups in total. The molecular formula is C20H14F3N3. The lowest BCUT2D eigenvalue weighted by molar-refractivity contribution is 0.582. The monoisotopic (exact) mass is 353 g/mol. The van der Waals surface area contributed by atoms with Crippen molar-refractivity contribution in [3.8, 4) is 11.3 Å². The molecule has 0 saturated heterocycles. The first kappa shape index (κ1) is 16.5. The summed E-state index contributed by atoms with van der Waals surface area (Å²) in [6.07, 6.45) is 3.33. The maximum Gasteiger partial charge on any atom is 0.137 e. The molecule has 3 aromatic rings. The zero-order chi connectivity index (χ0) is 18.1. The third kappa shape index (κ3) is 2.99. The van der Waals surface area contributed by atoms with E-state index in [1.54, 1.807) is 24.3 Å². The second-order valence-electron chi connectivity index (χ2n) is 5.97. The number of hydrogen-bond donors (Lipinski definition) is 1. The lowest BCUT2D eigenvalue weighted by Gasteiger charge is -2.14. The first-order valence-electron chi connectivity index (χ1n) is 8.10. The van der Waals surface area contributed by atoms with Gasteiger partial charge in [-0.1, -0.05) is 12.1 Å². The molecule has 0 saturated carbocycles. The second kappa shape index (κ2) is 6.72. The van der Waals surface area contributed by atoms with Crippen LogP contribution in [0, 0.1) is 17.5 Å². The molecule has 0 fully saturated rings. The van der Waals surface area contributed by atoms with Crippen LogP contribution in [0.4, 0.5) is 13.2 Å². The smallest absolute Gasteiger partial charge is 0.137 e. The fourth-order valence-corrected chi connectivity index (χ4v) is 3.15. The number of benzene rings is 2. The highest BCUT2D eigenvalue weighted by atomic mass is 19.1. The van der Waals surface area contributed by atoms with Crippen LogP contribution in [0.5, 0.6) is 0 Å². The molecule has 3 nitrogen and oxygen atoms in total. The van der Waals surface area contributed by atoms with Gasteiger partial charge in [-0.05, 0) is 47.0 Å². The van der Waals surface area contributed by atoms with Gasteiger partial charge in [0.25, 0.3) is 0 Å². The molecule has 0 bridgehead atoms. The molecule has 0 spiro atoms. The Morgan fingerprint density at radius 1 is 0.923 bits per heavy atom. The molecule has 26 heavy (non-hydrogen) atoms. The van der Waals surface area contributed by atoms with E-state index in [0.717, 1.165) is 6.07 Å². The third-order valence-electron chi connectivity index (χ3n) is 4.31. The summed E-state index contributed by atoms with van der Waals surface area (Å²) in [6, 6.07) is 10.1. The SMILES string of the molecule is Fc1cc(F)cc(C2=CCNCc3c2ccc(-c2cccnn2)c3F)c1. The summed E-state index contributed by atoms with van der Waals surface area (Å²) in [4.78, 5) is 0. The predicted octanol–water partition coefficient (Wildman–Crippen LogP) is 4.10. The Morgan fingerprint density at radius 3 is 2.42 bits per heavy atom. The van der Waals surface area contributed by atoms with Gasteiger partial charge in [0.2, 0.25) is 0 Å². The lowest BCUT2D eigenvalue weighted by atomic mass is 9.91. The molecule has 0 radical (unpaired) electrons. The average molecular weight is 353 g/mol. The van der Waals surface area contributed by atoms with Crippen LogP contribution in [-0.2, 0) is 6.54 Å². The predicted molar refractivity (Wildman–Crippen MR) is 92.6 cm³/mol. The second-order valence-corrected chi connectivity index (χ2v) is 5.97. The summed E-state index contributed by atoms with van der Waals surface area (Å²) < 4.78 is 42.5. The van der Waals surface area contributed by atoms with Crippen LogP contribution in [0.15, 0.2) is 54.7 Å². The van der Waals surface area contributed by atoms with Crippen molar-refractivity contribution in [3.63, 3.8) is 0 Å². The van der Waals surface area contributed by atoms with Crippen molar-refractivity contribution in [2.45, 2.75) is 6.54 Å². The summed E-state index contributed by atoms with van der Waals surface area (Å²) in [5, 5.41) is 10.9. The largest absolute Gasteiger partial charge is 0.309 e.